The van der Waals surface area contributed by atoms with E-state index in [-0.39, 0.29) is 18.7 Å². The van der Waals surface area contributed by atoms with Crippen molar-refractivity contribution in [2.75, 3.05) is 19.5 Å². The zero-order valence-corrected chi connectivity index (χ0v) is 16.7. The molecule has 2 rings (SSSR count). The van der Waals surface area contributed by atoms with Gasteiger partial charge in [0.05, 0.1) is 13.5 Å². The molecule has 0 fully saturated rings. The van der Waals surface area contributed by atoms with Gasteiger partial charge in [0.1, 0.15) is 11.9 Å². The molecule has 154 valence electrons. The van der Waals surface area contributed by atoms with Crippen LogP contribution in [0.15, 0.2) is 59.5 Å². The number of hydrogen-bond acceptors (Lipinski definition) is 6. The third-order valence-electron chi connectivity index (χ3n) is 3.86. The van der Waals surface area contributed by atoms with Crippen LogP contribution in [-0.4, -0.2) is 43.4 Å². The molecule has 0 heterocycles. The summed E-state index contributed by atoms with van der Waals surface area (Å²) in [5, 5.41) is 2.53. The number of carbonyl (C=O) groups excluding carboxylic acids is 3. The van der Waals surface area contributed by atoms with Crippen molar-refractivity contribution in [3.05, 3.63) is 66.0 Å². The first-order valence-electron chi connectivity index (χ1n) is 8.93. The number of halogens is 1. The third kappa shape index (κ3) is 8.35. The average molecular weight is 419 g/mol. The molecule has 0 saturated heterocycles. The molecule has 0 aromatic heterocycles. The molecule has 0 aliphatic heterocycles. The van der Waals surface area contributed by atoms with E-state index in [9.17, 15) is 18.8 Å². The average Bonchev–Trinajstić information content (AvgIpc) is 2.73. The first-order valence-corrected chi connectivity index (χ1v) is 9.91. The Kier molecular flexibility index (Phi) is 9.17. The van der Waals surface area contributed by atoms with Gasteiger partial charge in [-0.1, -0.05) is 30.3 Å². The van der Waals surface area contributed by atoms with Gasteiger partial charge in [0, 0.05) is 17.1 Å². The maximum atomic E-state index is 12.8. The van der Waals surface area contributed by atoms with Gasteiger partial charge in [0.2, 0.25) is 0 Å². The van der Waals surface area contributed by atoms with Crippen molar-refractivity contribution in [1.82, 2.24) is 5.32 Å². The summed E-state index contributed by atoms with van der Waals surface area (Å²) in [5.74, 6) is -1.59. The van der Waals surface area contributed by atoms with Crippen LogP contribution < -0.4 is 5.32 Å². The van der Waals surface area contributed by atoms with Gasteiger partial charge in [-0.15, -0.1) is 11.8 Å². The van der Waals surface area contributed by atoms with Crippen LogP contribution in [0.1, 0.15) is 12.0 Å². The Balaban J connectivity index is 1.73. The first-order chi connectivity index (χ1) is 14.0. The monoisotopic (exact) mass is 419 g/mol. The van der Waals surface area contributed by atoms with Crippen molar-refractivity contribution in [3.8, 4) is 0 Å². The van der Waals surface area contributed by atoms with Crippen LogP contribution in [-0.2, 0) is 30.3 Å². The number of benzene rings is 2. The van der Waals surface area contributed by atoms with Crippen LogP contribution >= 0.6 is 11.8 Å². The van der Waals surface area contributed by atoms with Crippen molar-refractivity contribution in [1.29, 1.82) is 0 Å². The highest BCUT2D eigenvalue weighted by Crippen LogP contribution is 2.18. The summed E-state index contributed by atoms with van der Waals surface area (Å²) >= 11 is 1.38. The molecule has 0 radical (unpaired) electrons. The molecular weight excluding hydrogens is 397 g/mol. The Morgan fingerprint density at radius 2 is 1.76 bits per heavy atom. The van der Waals surface area contributed by atoms with E-state index in [4.69, 9.17) is 9.47 Å². The summed E-state index contributed by atoms with van der Waals surface area (Å²) in [4.78, 5) is 36.6. The Morgan fingerprint density at radius 1 is 1.07 bits per heavy atom. The minimum absolute atomic E-state index is 0.0970. The fraction of sp³-hybridized carbons (Fsp3) is 0.286. The largest absolute Gasteiger partial charge is 0.467 e. The van der Waals surface area contributed by atoms with Crippen molar-refractivity contribution in [3.63, 3.8) is 0 Å². The molecule has 1 N–H and O–H groups in total. The van der Waals surface area contributed by atoms with Gasteiger partial charge in [-0.3, -0.25) is 9.59 Å². The highest BCUT2D eigenvalue weighted by Gasteiger charge is 2.22. The molecular formula is C21H22FNO5S. The van der Waals surface area contributed by atoms with Crippen LogP contribution in [0.5, 0.6) is 0 Å². The molecule has 0 spiro atoms. The third-order valence-corrected chi connectivity index (χ3v) is 4.87. The number of thioether (sulfide) groups is 1. The number of ether oxygens (including phenoxy) is 2. The number of methoxy groups -OCH3 is 1. The quantitative estimate of drug-likeness (QED) is 0.471. The molecule has 29 heavy (non-hydrogen) atoms. The lowest BCUT2D eigenvalue weighted by Crippen LogP contribution is -2.44. The molecule has 2 aromatic carbocycles. The Bertz CT molecular complexity index is 814. The standard InChI is InChI=1S/C21H22FNO5S/c1-27-21(26)18(13-15-5-3-2-4-6-15)23-19(24)14-28-20(25)11-12-29-17-9-7-16(22)8-10-17/h2-10,18H,11-14H2,1H3,(H,23,24)/t18-/m1/s1. The van der Waals surface area contributed by atoms with Gasteiger partial charge < -0.3 is 14.8 Å². The highest BCUT2D eigenvalue weighted by molar-refractivity contribution is 7.99. The number of carbonyl (C=O) groups is 3. The van der Waals surface area contributed by atoms with Gasteiger partial charge in [0.15, 0.2) is 6.61 Å². The second-order valence-electron chi connectivity index (χ2n) is 6.05. The lowest BCUT2D eigenvalue weighted by atomic mass is 10.1. The maximum absolute atomic E-state index is 12.8. The van der Waals surface area contributed by atoms with E-state index in [2.05, 4.69) is 5.32 Å². The normalized spacial score (nSPS) is 11.4. The summed E-state index contributed by atoms with van der Waals surface area (Å²) in [5.41, 5.74) is 0.859. The Hall–Kier alpha value is -2.87. The van der Waals surface area contributed by atoms with E-state index >= 15 is 0 Å². The van der Waals surface area contributed by atoms with Crippen LogP contribution in [0.4, 0.5) is 4.39 Å². The molecule has 0 aliphatic rings. The molecule has 0 saturated carbocycles. The summed E-state index contributed by atoms with van der Waals surface area (Å²) in [6, 6.07) is 14.2. The molecule has 0 bridgehead atoms. The lowest BCUT2D eigenvalue weighted by Gasteiger charge is -2.16. The van der Waals surface area contributed by atoms with Crippen LogP contribution in [0, 0.1) is 5.82 Å². The summed E-state index contributed by atoms with van der Waals surface area (Å²) in [7, 11) is 1.24. The number of nitrogens with one attached hydrogen (secondary N) is 1. The van der Waals surface area contributed by atoms with Crippen molar-refractivity contribution in [2.45, 2.75) is 23.8 Å². The number of amides is 1. The molecule has 8 heteroatoms. The second-order valence-corrected chi connectivity index (χ2v) is 7.21. The predicted octanol–water partition coefficient (Wildman–Crippen LogP) is 2.75. The topological polar surface area (TPSA) is 81.7 Å². The smallest absolute Gasteiger partial charge is 0.328 e. The van der Waals surface area contributed by atoms with E-state index in [1.165, 1.54) is 31.0 Å². The molecule has 2 aromatic rings. The van der Waals surface area contributed by atoms with Gasteiger partial charge in [-0.05, 0) is 29.8 Å². The summed E-state index contributed by atoms with van der Waals surface area (Å²) < 4.78 is 22.5. The zero-order chi connectivity index (χ0) is 21.1. The molecule has 6 nitrogen and oxygen atoms in total. The lowest BCUT2D eigenvalue weighted by molar-refractivity contribution is -0.150. The minimum Gasteiger partial charge on any atom is -0.467 e. The van der Waals surface area contributed by atoms with Gasteiger partial charge >= 0.3 is 11.9 Å². The molecule has 1 atom stereocenters. The van der Waals surface area contributed by atoms with E-state index < -0.39 is 30.5 Å². The van der Waals surface area contributed by atoms with Gasteiger partial charge in [0.25, 0.3) is 5.91 Å². The Labute approximate surface area is 172 Å². The molecule has 0 aliphatic carbocycles. The number of esters is 2. The number of hydrogen-bond donors (Lipinski definition) is 1. The second kappa shape index (κ2) is 11.9. The van der Waals surface area contributed by atoms with E-state index in [0.29, 0.717) is 5.75 Å². The van der Waals surface area contributed by atoms with Crippen molar-refractivity contribution in [2.24, 2.45) is 0 Å². The van der Waals surface area contributed by atoms with Crippen LogP contribution in [0.25, 0.3) is 0 Å². The maximum Gasteiger partial charge on any atom is 0.328 e. The van der Waals surface area contributed by atoms with Gasteiger partial charge in [-0.2, -0.15) is 0 Å². The summed E-state index contributed by atoms with van der Waals surface area (Å²) in [6.07, 6.45) is 0.362. The predicted molar refractivity (Wildman–Crippen MR) is 107 cm³/mol. The van der Waals surface area contributed by atoms with Crippen molar-refractivity contribution < 1.29 is 28.2 Å². The minimum atomic E-state index is -0.873. The van der Waals surface area contributed by atoms with E-state index in [1.807, 2.05) is 30.3 Å². The molecule has 0 unspecified atom stereocenters. The SMILES string of the molecule is COC(=O)[C@@H](Cc1ccccc1)NC(=O)COC(=O)CCSc1ccc(F)cc1. The number of rotatable bonds is 10. The zero-order valence-electron chi connectivity index (χ0n) is 15.9. The first kappa shape index (κ1) is 22.4. The van der Waals surface area contributed by atoms with Gasteiger partial charge in [-0.25, -0.2) is 9.18 Å². The van der Waals surface area contributed by atoms with Crippen LogP contribution in [0.2, 0.25) is 0 Å². The van der Waals surface area contributed by atoms with E-state index in [0.717, 1.165) is 10.5 Å². The van der Waals surface area contributed by atoms with Crippen LogP contribution in [0.3, 0.4) is 0 Å². The Morgan fingerprint density at radius 3 is 2.41 bits per heavy atom. The van der Waals surface area contributed by atoms with E-state index in [1.54, 1.807) is 12.1 Å². The van der Waals surface area contributed by atoms with Crippen molar-refractivity contribution >= 4 is 29.6 Å². The highest BCUT2D eigenvalue weighted by atomic mass is 32.2. The summed E-state index contributed by atoms with van der Waals surface area (Å²) in [6.45, 7) is -0.484. The molecule has 1 amide bonds. The fourth-order valence-corrected chi connectivity index (χ4v) is 3.26. The fourth-order valence-electron chi connectivity index (χ4n) is 2.42.